The first-order chi connectivity index (χ1) is 11.0. The Morgan fingerprint density at radius 1 is 0.957 bits per heavy atom. The molecule has 0 aromatic heterocycles. The highest BCUT2D eigenvalue weighted by Gasteiger charge is 2.09. The maximum absolute atomic E-state index is 12.3. The summed E-state index contributed by atoms with van der Waals surface area (Å²) in [7, 11) is 0. The number of nitrogens with one attached hydrogen (secondary N) is 3. The standard InChI is InChI=1S/C17H17N3O2S/c1-11-6-3-4-9-15(11)16(22)19-13-7-5-8-14(10-13)20-17(23)18-12(2)21/h3-10H,1-2H3,(H,19,22)(H2,18,20,21,23). The molecule has 0 saturated heterocycles. The molecule has 2 aromatic rings. The van der Waals surface area contributed by atoms with Gasteiger partial charge in [0.2, 0.25) is 5.91 Å². The summed E-state index contributed by atoms with van der Waals surface area (Å²) in [5, 5.41) is 8.42. The Labute approximate surface area is 140 Å². The lowest BCUT2D eigenvalue weighted by Gasteiger charge is -2.11. The predicted molar refractivity (Wildman–Crippen MR) is 95.6 cm³/mol. The van der Waals surface area contributed by atoms with Gasteiger partial charge in [0.25, 0.3) is 5.91 Å². The van der Waals surface area contributed by atoms with Crippen molar-refractivity contribution in [2.45, 2.75) is 13.8 Å². The van der Waals surface area contributed by atoms with E-state index in [0.29, 0.717) is 16.9 Å². The molecule has 0 unspecified atom stereocenters. The zero-order chi connectivity index (χ0) is 16.8. The van der Waals surface area contributed by atoms with E-state index in [1.165, 1.54) is 6.92 Å². The summed E-state index contributed by atoms with van der Waals surface area (Å²) >= 11 is 5.01. The molecular formula is C17H17N3O2S. The van der Waals surface area contributed by atoms with Gasteiger partial charge in [0, 0.05) is 23.9 Å². The van der Waals surface area contributed by atoms with Crippen molar-refractivity contribution >= 4 is 40.5 Å². The molecular weight excluding hydrogens is 310 g/mol. The molecule has 2 aromatic carbocycles. The van der Waals surface area contributed by atoms with Crippen LogP contribution < -0.4 is 16.0 Å². The Bertz CT molecular complexity index is 759. The predicted octanol–water partition coefficient (Wildman–Crippen LogP) is 3.08. The van der Waals surface area contributed by atoms with Gasteiger partial charge in [-0.05, 0) is 49.0 Å². The molecule has 0 atom stereocenters. The number of amides is 2. The SMILES string of the molecule is CC(=O)NC(=S)Nc1cccc(NC(=O)c2ccccc2C)c1. The highest BCUT2D eigenvalue weighted by molar-refractivity contribution is 7.80. The molecule has 0 radical (unpaired) electrons. The normalized spacial score (nSPS) is 9.83. The maximum Gasteiger partial charge on any atom is 0.255 e. The van der Waals surface area contributed by atoms with E-state index in [1.54, 1.807) is 30.3 Å². The number of rotatable bonds is 3. The Hall–Kier alpha value is -2.73. The van der Waals surface area contributed by atoms with Gasteiger partial charge in [-0.15, -0.1) is 0 Å². The Morgan fingerprint density at radius 2 is 1.61 bits per heavy atom. The first-order valence-corrected chi connectivity index (χ1v) is 7.42. The zero-order valence-corrected chi connectivity index (χ0v) is 13.7. The summed E-state index contributed by atoms with van der Waals surface area (Å²) in [6.45, 7) is 3.27. The smallest absolute Gasteiger partial charge is 0.255 e. The summed E-state index contributed by atoms with van der Waals surface area (Å²) in [6, 6.07) is 14.5. The van der Waals surface area contributed by atoms with Gasteiger partial charge < -0.3 is 16.0 Å². The molecule has 0 aliphatic rings. The van der Waals surface area contributed by atoms with E-state index in [9.17, 15) is 9.59 Å². The minimum absolute atomic E-state index is 0.176. The van der Waals surface area contributed by atoms with Gasteiger partial charge >= 0.3 is 0 Å². The van der Waals surface area contributed by atoms with Gasteiger partial charge in [0.15, 0.2) is 5.11 Å². The molecule has 0 fully saturated rings. The number of anilines is 2. The number of hydrogen-bond donors (Lipinski definition) is 3. The average Bonchev–Trinajstić information content (AvgIpc) is 2.47. The monoisotopic (exact) mass is 327 g/mol. The second kappa shape index (κ2) is 7.51. The van der Waals surface area contributed by atoms with Gasteiger partial charge in [-0.1, -0.05) is 24.3 Å². The van der Waals surface area contributed by atoms with E-state index in [-0.39, 0.29) is 16.9 Å². The van der Waals surface area contributed by atoms with Crippen molar-refractivity contribution in [3.63, 3.8) is 0 Å². The molecule has 0 aliphatic carbocycles. The topological polar surface area (TPSA) is 70.2 Å². The van der Waals surface area contributed by atoms with Crippen LogP contribution in [0.2, 0.25) is 0 Å². The van der Waals surface area contributed by atoms with E-state index in [4.69, 9.17) is 12.2 Å². The van der Waals surface area contributed by atoms with E-state index in [2.05, 4.69) is 16.0 Å². The fraction of sp³-hybridized carbons (Fsp3) is 0.118. The van der Waals surface area contributed by atoms with Crippen LogP contribution in [-0.4, -0.2) is 16.9 Å². The number of carbonyl (C=O) groups excluding carboxylic acids is 2. The molecule has 2 rings (SSSR count). The summed E-state index contributed by atoms with van der Waals surface area (Å²) in [6.07, 6.45) is 0. The Kier molecular flexibility index (Phi) is 5.43. The van der Waals surface area contributed by atoms with E-state index >= 15 is 0 Å². The molecule has 0 aliphatic heterocycles. The molecule has 23 heavy (non-hydrogen) atoms. The van der Waals surface area contributed by atoms with Gasteiger partial charge in [0.05, 0.1) is 0 Å². The first-order valence-electron chi connectivity index (χ1n) is 7.01. The zero-order valence-electron chi connectivity index (χ0n) is 12.8. The number of aryl methyl sites for hydroxylation is 1. The van der Waals surface area contributed by atoms with Crippen molar-refractivity contribution < 1.29 is 9.59 Å². The molecule has 2 amide bonds. The van der Waals surface area contributed by atoms with Crippen molar-refractivity contribution in [1.82, 2.24) is 5.32 Å². The number of carbonyl (C=O) groups is 2. The van der Waals surface area contributed by atoms with Crippen LogP contribution in [-0.2, 0) is 4.79 Å². The van der Waals surface area contributed by atoms with Crippen LogP contribution in [0, 0.1) is 6.92 Å². The third kappa shape index (κ3) is 4.89. The second-order valence-corrected chi connectivity index (χ2v) is 5.39. The lowest BCUT2D eigenvalue weighted by molar-refractivity contribution is -0.117. The van der Waals surface area contributed by atoms with E-state index in [0.717, 1.165) is 5.56 Å². The lowest BCUT2D eigenvalue weighted by Crippen LogP contribution is -2.32. The second-order valence-electron chi connectivity index (χ2n) is 4.99. The highest BCUT2D eigenvalue weighted by atomic mass is 32.1. The summed E-state index contributed by atoms with van der Waals surface area (Å²) in [4.78, 5) is 23.2. The van der Waals surface area contributed by atoms with E-state index in [1.807, 2.05) is 25.1 Å². The van der Waals surface area contributed by atoms with E-state index < -0.39 is 0 Å². The molecule has 5 nitrogen and oxygen atoms in total. The maximum atomic E-state index is 12.3. The van der Waals surface area contributed by atoms with Gasteiger partial charge in [-0.25, -0.2) is 0 Å². The fourth-order valence-electron chi connectivity index (χ4n) is 2.02. The van der Waals surface area contributed by atoms with Crippen LogP contribution in [0.3, 0.4) is 0 Å². The largest absolute Gasteiger partial charge is 0.332 e. The van der Waals surface area contributed by atoms with Crippen LogP contribution >= 0.6 is 12.2 Å². The number of benzene rings is 2. The molecule has 0 heterocycles. The van der Waals surface area contributed by atoms with Crippen molar-refractivity contribution in [2.24, 2.45) is 0 Å². The quantitative estimate of drug-likeness (QED) is 0.758. The Balaban J connectivity index is 2.08. The van der Waals surface area contributed by atoms with Crippen LogP contribution in [0.5, 0.6) is 0 Å². The first kappa shape index (κ1) is 16.6. The molecule has 3 N–H and O–H groups in total. The number of thiocarbonyl (C=S) groups is 1. The fourth-order valence-corrected chi connectivity index (χ4v) is 2.28. The van der Waals surface area contributed by atoms with Gasteiger partial charge in [-0.2, -0.15) is 0 Å². The van der Waals surface area contributed by atoms with Crippen LogP contribution in [0.1, 0.15) is 22.8 Å². The average molecular weight is 327 g/mol. The molecule has 6 heteroatoms. The summed E-state index contributed by atoms with van der Waals surface area (Å²) in [5.74, 6) is -0.420. The molecule has 0 bridgehead atoms. The minimum Gasteiger partial charge on any atom is -0.332 e. The van der Waals surface area contributed by atoms with Crippen molar-refractivity contribution in [3.05, 3.63) is 59.7 Å². The van der Waals surface area contributed by atoms with Crippen LogP contribution in [0.25, 0.3) is 0 Å². The third-order valence-corrected chi connectivity index (χ3v) is 3.26. The van der Waals surface area contributed by atoms with Gasteiger partial charge in [0.1, 0.15) is 0 Å². The Morgan fingerprint density at radius 3 is 2.26 bits per heavy atom. The van der Waals surface area contributed by atoms with Crippen molar-refractivity contribution in [2.75, 3.05) is 10.6 Å². The third-order valence-electron chi connectivity index (χ3n) is 3.06. The van der Waals surface area contributed by atoms with Gasteiger partial charge in [-0.3, -0.25) is 9.59 Å². The van der Waals surface area contributed by atoms with Crippen molar-refractivity contribution in [3.8, 4) is 0 Å². The van der Waals surface area contributed by atoms with Crippen molar-refractivity contribution in [1.29, 1.82) is 0 Å². The molecule has 0 saturated carbocycles. The lowest BCUT2D eigenvalue weighted by atomic mass is 10.1. The highest BCUT2D eigenvalue weighted by Crippen LogP contribution is 2.17. The molecule has 118 valence electrons. The molecule has 0 spiro atoms. The minimum atomic E-state index is -0.244. The van der Waals surface area contributed by atoms with Crippen LogP contribution in [0.4, 0.5) is 11.4 Å². The number of hydrogen-bond acceptors (Lipinski definition) is 3. The summed E-state index contributed by atoms with van der Waals surface area (Å²) in [5.41, 5.74) is 2.84. The van der Waals surface area contributed by atoms with Crippen LogP contribution in [0.15, 0.2) is 48.5 Å². The summed E-state index contributed by atoms with van der Waals surface area (Å²) < 4.78 is 0.